The standard InChI is InChI=1S/C15H13F3N2O2/c1-10-2-4-11(5-3-10)9-19-13-7-6-12(15(16,17)18)8-14(13)20(21)22/h2-8,19H,9H2,1H3. The topological polar surface area (TPSA) is 55.2 Å². The predicted octanol–water partition coefficient (Wildman–Crippen LogP) is 4.53. The summed E-state index contributed by atoms with van der Waals surface area (Å²) in [5.41, 5.74) is 0.365. The van der Waals surface area contributed by atoms with Gasteiger partial charge in [0.1, 0.15) is 5.69 Å². The number of nitrogens with one attached hydrogen (secondary N) is 1. The second-order valence-electron chi connectivity index (χ2n) is 4.83. The molecule has 0 aliphatic carbocycles. The molecule has 0 aliphatic rings. The minimum absolute atomic E-state index is 0.0542. The van der Waals surface area contributed by atoms with Gasteiger partial charge in [-0.05, 0) is 24.6 Å². The van der Waals surface area contributed by atoms with Gasteiger partial charge in [-0.25, -0.2) is 0 Å². The van der Waals surface area contributed by atoms with Crippen LogP contribution in [0.4, 0.5) is 24.5 Å². The highest BCUT2D eigenvalue weighted by Crippen LogP contribution is 2.35. The van der Waals surface area contributed by atoms with Crippen molar-refractivity contribution in [1.82, 2.24) is 0 Å². The van der Waals surface area contributed by atoms with Crippen molar-refractivity contribution in [3.63, 3.8) is 0 Å². The number of alkyl halides is 3. The van der Waals surface area contributed by atoms with Gasteiger partial charge in [0, 0.05) is 12.6 Å². The Balaban J connectivity index is 2.23. The molecule has 4 nitrogen and oxygen atoms in total. The normalized spacial score (nSPS) is 11.3. The van der Waals surface area contributed by atoms with Crippen molar-refractivity contribution in [2.45, 2.75) is 19.6 Å². The zero-order valence-electron chi connectivity index (χ0n) is 11.6. The lowest BCUT2D eigenvalue weighted by Gasteiger charge is -2.10. The molecule has 7 heteroatoms. The largest absolute Gasteiger partial charge is 0.416 e. The summed E-state index contributed by atoms with van der Waals surface area (Å²) < 4.78 is 37.8. The number of benzene rings is 2. The zero-order valence-corrected chi connectivity index (χ0v) is 11.6. The molecule has 0 spiro atoms. The van der Waals surface area contributed by atoms with Gasteiger partial charge in [0.15, 0.2) is 0 Å². The molecule has 22 heavy (non-hydrogen) atoms. The number of hydrogen-bond donors (Lipinski definition) is 1. The zero-order chi connectivity index (χ0) is 16.3. The molecule has 2 rings (SSSR count). The maximum Gasteiger partial charge on any atom is 0.416 e. The first-order valence-corrected chi connectivity index (χ1v) is 6.42. The van der Waals surface area contributed by atoms with E-state index in [1.165, 1.54) is 0 Å². The Labute approximate surface area is 124 Å². The first-order chi connectivity index (χ1) is 10.3. The summed E-state index contributed by atoms with van der Waals surface area (Å²) in [6, 6.07) is 9.91. The average Bonchev–Trinajstić information content (AvgIpc) is 2.45. The molecule has 0 saturated heterocycles. The molecule has 0 aliphatic heterocycles. The third-order valence-electron chi connectivity index (χ3n) is 3.13. The van der Waals surface area contributed by atoms with Crippen LogP contribution in [0.1, 0.15) is 16.7 Å². The summed E-state index contributed by atoms with van der Waals surface area (Å²) in [6.07, 6.45) is -4.61. The number of nitro benzene ring substituents is 1. The maximum atomic E-state index is 12.6. The predicted molar refractivity (Wildman–Crippen MR) is 76.6 cm³/mol. The molecule has 1 N–H and O–H groups in total. The molecule has 2 aromatic carbocycles. The van der Waals surface area contributed by atoms with E-state index in [9.17, 15) is 23.3 Å². The smallest absolute Gasteiger partial charge is 0.375 e. The van der Waals surface area contributed by atoms with Crippen LogP contribution in [0.15, 0.2) is 42.5 Å². The van der Waals surface area contributed by atoms with Gasteiger partial charge in [-0.3, -0.25) is 10.1 Å². The van der Waals surface area contributed by atoms with Gasteiger partial charge in [-0.2, -0.15) is 13.2 Å². The van der Waals surface area contributed by atoms with Crippen molar-refractivity contribution in [2.24, 2.45) is 0 Å². The Kier molecular flexibility index (Phi) is 4.35. The SMILES string of the molecule is Cc1ccc(CNc2ccc(C(F)(F)F)cc2[N+](=O)[O-])cc1. The van der Waals surface area contributed by atoms with Crippen molar-refractivity contribution in [1.29, 1.82) is 0 Å². The quantitative estimate of drug-likeness (QED) is 0.666. The lowest BCUT2D eigenvalue weighted by Crippen LogP contribution is -2.08. The molecule has 2 aromatic rings. The minimum Gasteiger partial charge on any atom is -0.375 e. The number of nitro groups is 1. The van der Waals surface area contributed by atoms with Crippen LogP contribution in [-0.2, 0) is 12.7 Å². The molecule has 0 aromatic heterocycles. The Morgan fingerprint density at radius 1 is 1.14 bits per heavy atom. The molecule has 0 amide bonds. The van der Waals surface area contributed by atoms with Crippen LogP contribution in [0.5, 0.6) is 0 Å². The van der Waals surface area contributed by atoms with E-state index in [0.29, 0.717) is 6.07 Å². The van der Waals surface area contributed by atoms with Crippen molar-refractivity contribution >= 4 is 11.4 Å². The third kappa shape index (κ3) is 3.75. The van der Waals surface area contributed by atoms with E-state index in [0.717, 1.165) is 23.3 Å². The van der Waals surface area contributed by atoms with E-state index >= 15 is 0 Å². The van der Waals surface area contributed by atoms with Crippen LogP contribution in [-0.4, -0.2) is 4.92 Å². The monoisotopic (exact) mass is 310 g/mol. The van der Waals surface area contributed by atoms with Gasteiger partial charge in [-0.1, -0.05) is 29.8 Å². The van der Waals surface area contributed by atoms with Crippen molar-refractivity contribution < 1.29 is 18.1 Å². The Morgan fingerprint density at radius 3 is 2.32 bits per heavy atom. The number of nitrogens with zero attached hydrogens (tertiary/aromatic N) is 1. The van der Waals surface area contributed by atoms with Crippen LogP contribution >= 0.6 is 0 Å². The molecule has 116 valence electrons. The van der Waals surface area contributed by atoms with Crippen molar-refractivity contribution in [2.75, 3.05) is 5.32 Å². The Hall–Kier alpha value is -2.57. The molecule has 0 saturated carbocycles. The molecular formula is C15H13F3N2O2. The number of rotatable bonds is 4. The molecule has 0 fully saturated rings. The van der Waals surface area contributed by atoms with E-state index in [1.54, 1.807) is 0 Å². The number of halogens is 3. The van der Waals surface area contributed by atoms with Gasteiger partial charge in [0.2, 0.25) is 0 Å². The summed E-state index contributed by atoms with van der Waals surface area (Å²) in [5, 5.41) is 13.8. The highest BCUT2D eigenvalue weighted by molar-refractivity contribution is 5.63. The van der Waals surface area contributed by atoms with E-state index in [1.807, 2.05) is 31.2 Å². The highest BCUT2D eigenvalue weighted by atomic mass is 19.4. The number of hydrogen-bond acceptors (Lipinski definition) is 3. The summed E-state index contributed by atoms with van der Waals surface area (Å²) in [7, 11) is 0. The highest BCUT2D eigenvalue weighted by Gasteiger charge is 2.32. The molecule has 0 bridgehead atoms. The summed E-state index contributed by atoms with van der Waals surface area (Å²) in [4.78, 5) is 10.1. The molecule has 0 heterocycles. The van der Waals surface area contributed by atoms with Gasteiger partial charge in [0.05, 0.1) is 10.5 Å². The number of anilines is 1. The fourth-order valence-corrected chi connectivity index (χ4v) is 1.91. The van der Waals surface area contributed by atoms with Crippen LogP contribution < -0.4 is 5.32 Å². The van der Waals surface area contributed by atoms with Crippen LogP contribution in [0.2, 0.25) is 0 Å². The summed E-state index contributed by atoms with van der Waals surface area (Å²) in [6.45, 7) is 2.21. The first kappa shape index (κ1) is 15.8. The third-order valence-corrected chi connectivity index (χ3v) is 3.13. The summed E-state index contributed by atoms with van der Waals surface area (Å²) in [5.74, 6) is 0. The van der Waals surface area contributed by atoms with Gasteiger partial charge in [-0.15, -0.1) is 0 Å². The summed E-state index contributed by atoms with van der Waals surface area (Å²) >= 11 is 0. The minimum atomic E-state index is -4.61. The molecule has 0 radical (unpaired) electrons. The van der Waals surface area contributed by atoms with E-state index < -0.39 is 22.4 Å². The second-order valence-corrected chi connectivity index (χ2v) is 4.83. The molecule has 0 unspecified atom stereocenters. The van der Waals surface area contributed by atoms with Crippen LogP contribution in [0.3, 0.4) is 0 Å². The van der Waals surface area contributed by atoms with Gasteiger partial charge < -0.3 is 5.32 Å². The Bertz CT molecular complexity index is 682. The fourth-order valence-electron chi connectivity index (χ4n) is 1.91. The van der Waals surface area contributed by atoms with E-state index in [4.69, 9.17) is 0 Å². The van der Waals surface area contributed by atoms with E-state index in [-0.39, 0.29) is 12.2 Å². The first-order valence-electron chi connectivity index (χ1n) is 6.42. The van der Waals surface area contributed by atoms with Gasteiger partial charge >= 0.3 is 6.18 Å². The van der Waals surface area contributed by atoms with Gasteiger partial charge in [0.25, 0.3) is 5.69 Å². The lowest BCUT2D eigenvalue weighted by molar-refractivity contribution is -0.384. The van der Waals surface area contributed by atoms with Crippen molar-refractivity contribution in [3.05, 3.63) is 69.3 Å². The second kappa shape index (κ2) is 6.05. The van der Waals surface area contributed by atoms with E-state index in [2.05, 4.69) is 5.32 Å². The number of aryl methyl sites for hydroxylation is 1. The lowest BCUT2D eigenvalue weighted by atomic mass is 10.1. The maximum absolute atomic E-state index is 12.6. The fraction of sp³-hybridized carbons (Fsp3) is 0.200. The van der Waals surface area contributed by atoms with Crippen molar-refractivity contribution in [3.8, 4) is 0 Å². The molecular weight excluding hydrogens is 297 g/mol. The van der Waals surface area contributed by atoms with Crippen LogP contribution in [0.25, 0.3) is 0 Å². The molecule has 0 atom stereocenters. The van der Waals surface area contributed by atoms with Crippen LogP contribution in [0, 0.1) is 17.0 Å². The average molecular weight is 310 g/mol. The Morgan fingerprint density at radius 2 is 1.77 bits per heavy atom.